The van der Waals surface area contributed by atoms with E-state index >= 15 is 0 Å². The maximum Gasteiger partial charge on any atom is 0.175 e. The molecular weight excluding hydrogens is 250 g/mol. The van der Waals surface area contributed by atoms with Crippen LogP contribution in [-0.4, -0.2) is 30.8 Å². The van der Waals surface area contributed by atoms with Crippen molar-refractivity contribution in [3.8, 4) is 0 Å². The lowest BCUT2D eigenvalue weighted by Crippen LogP contribution is -2.13. The number of aryl methyl sites for hydroxylation is 1. The number of rotatable bonds is 3. The summed E-state index contributed by atoms with van der Waals surface area (Å²) in [5.74, 6) is 1.02. The molecule has 18 heavy (non-hydrogen) atoms. The van der Waals surface area contributed by atoms with Gasteiger partial charge in [0.05, 0.1) is 15.9 Å². The molecule has 0 fully saturated rings. The highest BCUT2D eigenvalue weighted by Gasteiger charge is 2.15. The predicted molar refractivity (Wildman–Crippen MR) is 71.3 cm³/mol. The Morgan fingerprint density at radius 2 is 2.11 bits per heavy atom. The zero-order valence-corrected chi connectivity index (χ0v) is 11.5. The van der Waals surface area contributed by atoms with Crippen LogP contribution in [0.1, 0.15) is 18.7 Å². The van der Waals surface area contributed by atoms with Crippen LogP contribution in [-0.2, 0) is 16.9 Å². The van der Waals surface area contributed by atoms with Gasteiger partial charge in [-0.2, -0.15) is 0 Å². The second kappa shape index (κ2) is 4.37. The third-order valence-electron chi connectivity index (χ3n) is 3.11. The highest BCUT2D eigenvalue weighted by molar-refractivity contribution is 7.90. The molecule has 1 heterocycles. The molecule has 2 aromatic rings. The average molecular weight is 267 g/mol. The molecule has 2 rings (SSSR count). The summed E-state index contributed by atoms with van der Waals surface area (Å²) in [6.45, 7) is 2.51. The van der Waals surface area contributed by atoms with Gasteiger partial charge in [-0.15, -0.1) is 0 Å². The highest BCUT2D eigenvalue weighted by atomic mass is 32.2. The Labute approximate surface area is 107 Å². The number of imidazole rings is 1. The van der Waals surface area contributed by atoms with E-state index in [9.17, 15) is 8.42 Å². The molecule has 0 bridgehead atoms. The molecule has 2 N–H and O–H groups in total. The third-order valence-corrected chi connectivity index (χ3v) is 4.22. The first-order valence-corrected chi connectivity index (χ1v) is 7.60. The average Bonchev–Trinajstić information content (AvgIpc) is 2.64. The maximum absolute atomic E-state index is 11.5. The molecule has 0 saturated heterocycles. The highest BCUT2D eigenvalue weighted by Crippen LogP contribution is 2.22. The molecule has 1 atom stereocenters. The minimum absolute atomic E-state index is 0.143. The topological polar surface area (TPSA) is 78.0 Å². The summed E-state index contributed by atoms with van der Waals surface area (Å²) in [5, 5.41) is 0. The molecule has 1 aromatic carbocycles. The molecule has 0 aliphatic carbocycles. The Bertz CT molecular complexity index is 689. The van der Waals surface area contributed by atoms with Crippen molar-refractivity contribution >= 4 is 20.9 Å². The van der Waals surface area contributed by atoms with E-state index in [0.717, 1.165) is 11.3 Å². The summed E-state index contributed by atoms with van der Waals surface area (Å²) in [4.78, 5) is 4.77. The van der Waals surface area contributed by atoms with Crippen molar-refractivity contribution in [2.45, 2.75) is 17.7 Å². The van der Waals surface area contributed by atoms with Gasteiger partial charge in [0.1, 0.15) is 5.82 Å². The molecule has 0 aliphatic rings. The van der Waals surface area contributed by atoms with E-state index in [2.05, 4.69) is 4.98 Å². The number of aromatic nitrogens is 2. The lowest BCUT2D eigenvalue weighted by Gasteiger charge is -2.07. The summed E-state index contributed by atoms with van der Waals surface area (Å²) in [6, 6.07) is 5.00. The van der Waals surface area contributed by atoms with E-state index in [1.165, 1.54) is 6.26 Å². The zero-order chi connectivity index (χ0) is 13.5. The number of benzene rings is 1. The van der Waals surface area contributed by atoms with Gasteiger partial charge in [-0.3, -0.25) is 0 Å². The van der Waals surface area contributed by atoms with Gasteiger partial charge in [0.2, 0.25) is 0 Å². The molecule has 0 spiro atoms. The first-order chi connectivity index (χ1) is 8.34. The fourth-order valence-electron chi connectivity index (χ4n) is 1.98. The molecule has 1 aromatic heterocycles. The molecular formula is C12H17N3O2S. The second-order valence-corrected chi connectivity index (χ2v) is 6.60. The first-order valence-electron chi connectivity index (χ1n) is 5.71. The monoisotopic (exact) mass is 267 g/mol. The van der Waals surface area contributed by atoms with E-state index in [-0.39, 0.29) is 5.92 Å². The third kappa shape index (κ3) is 2.13. The van der Waals surface area contributed by atoms with Gasteiger partial charge in [0, 0.05) is 25.8 Å². The minimum Gasteiger partial charge on any atom is -0.331 e. The number of sulfone groups is 1. The Kier molecular flexibility index (Phi) is 3.16. The molecule has 1 unspecified atom stereocenters. The van der Waals surface area contributed by atoms with Crippen LogP contribution in [0.2, 0.25) is 0 Å². The van der Waals surface area contributed by atoms with Gasteiger partial charge in [0.15, 0.2) is 9.84 Å². The number of nitrogens with zero attached hydrogens (tertiary/aromatic N) is 2. The zero-order valence-electron chi connectivity index (χ0n) is 10.7. The van der Waals surface area contributed by atoms with E-state index in [1.54, 1.807) is 18.2 Å². The van der Waals surface area contributed by atoms with Crippen molar-refractivity contribution in [3.63, 3.8) is 0 Å². The van der Waals surface area contributed by atoms with E-state index < -0.39 is 9.84 Å². The van der Waals surface area contributed by atoms with Crippen molar-refractivity contribution in [3.05, 3.63) is 24.0 Å². The van der Waals surface area contributed by atoms with Crippen molar-refractivity contribution < 1.29 is 8.42 Å². The number of hydrogen-bond acceptors (Lipinski definition) is 4. The van der Waals surface area contributed by atoms with Crippen LogP contribution in [0.4, 0.5) is 0 Å². The number of hydrogen-bond donors (Lipinski definition) is 1. The molecule has 0 saturated carbocycles. The van der Waals surface area contributed by atoms with Crippen LogP contribution in [0.5, 0.6) is 0 Å². The lowest BCUT2D eigenvalue weighted by atomic mass is 10.2. The van der Waals surface area contributed by atoms with Crippen LogP contribution in [0, 0.1) is 0 Å². The van der Waals surface area contributed by atoms with Gasteiger partial charge in [-0.25, -0.2) is 13.4 Å². The maximum atomic E-state index is 11.5. The summed E-state index contributed by atoms with van der Waals surface area (Å²) in [6.07, 6.45) is 1.19. The van der Waals surface area contributed by atoms with E-state index in [4.69, 9.17) is 5.73 Å². The van der Waals surface area contributed by atoms with Crippen molar-refractivity contribution in [2.24, 2.45) is 12.8 Å². The fourth-order valence-corrected chi connectivity index (χ4v) is 2.62. The summed E-state index contributed by atoms with van der Waals surface area (Å²) in [7, 11) is -1.28. The first kappa shape index (κ1) is 13.0. The predicted octanol–water partition coefficient (Wildman–Crippen LogP) is 1.04. The molecule has 0 aliphatic heterocycles. The van der Waals surface area contributed by atoms with Gasteiger partial charge in [-0.1, -0.05) is 6.92 Å². The molecule has 5 nitrogen and oxygen atoms in total. The molecule has 98 valence electrons. The molecule has 0 amide bonds. The van der Waals surface area contributed by atoms with Crippen molar-refractivity contribution in [1.82, 2.24) is 9.55 Å². The normalized spacial score (nSPS) is 14.0. The molecule has 0 radical (unpaired) electrons. The standard InChI is InChI=1S/C12H17N3O2S/c1-8(7-13)12-14-10-6-9(18(3,16)17)4-5-11(10)15(12)2/h4-6,8H,7,13H2,1-3H3. The van der Waals surface area contributed by atoms with E-state index in [1.807, 2.05) is 18.5 Å². The number of fused-ring (bicyclic) bond motifs is 1. The van der Waals surface area contributed by atoms with Crippen LogP contribution in [0.3, 0.4) is 0 Å². The SMILES string of the molecule is CC(CN)c1nc2cc(S(C)(=O)=O)ccc2n1C. The molecule has 6 heteroatoms. The number of nitrogens with two attached hydrogens (primary N) is 1. The quantitative estimate of drug-likeness (QED) is 0.901. The Morgan fingerprint density at radius 1 is 1.44 bits per heavy atom. The van der Waals surface area contributed by atoms with Crippen LogP contribution < -0.4 is 5.73 Å². The van der Waals surface area contributed by atoms with Gasteiger partial charge >= 0.3 is 0 Å². The Hall–Kier alpha value is -1.40. The van der Waals surface area contributed by atoms with Crippen molar-refractivity contribution in [2.75, 3.05) is 12.8 Å². The fraction of sp³-hybridized carbons (Fsp3) is 0.417. The van der Waals surface area contributed by atoms with Crippen LogP contribution in [0.15, 0.2) is 23.1 Å². The van der Waals surface area contributed by atoms with Gasteiger partial charge < -0.3 is 10.3 Å². The lowest BCUT2D eigenvalue weighted by molar-refractivity contribution is 0.602. The van der Waals surface area contributed by atoms with Crippen LogP contribution in [0.25, 0.3) is 11.0 Å². The Balaban J connectivity index is 2.66. The smallest absolute Gasteiger partial charge is 0.175 e. The van der Waals surface area contributed by atoms with Crippen molar-refractivity contribution in [1.29, 1.82) is 0 Å². The van der Waals surface area contributed by atoms with Crippen LogP contribution >= 0.6 is 0 Å². The minimum atomic E-state index is -3.20. The second-order valence-electron chi connectivity index (χ2n) is 4.59. The summed E-state index contributed by atoms with van der Waals surface area (Å²) < 4.78 is 25.0. The summed E-state index contributed by atoms with van der Waals surface area (Å²) >= 11 is 0. The van der Waals surface area contributed by atoms with Gasteiger partial charge in [0.25, 0.3) is 0 Å². The van der Waals surface area contributed by atoms with E-state index in [0.29, 0.717) is 17.0 Å². The Morgan fingerprint density at radius 3 is 2.67 bits per heavy atom. The largest absolute Gasteiger partial charge is 0.331 e. The summed E-state index contributed by atoms with van der Waals surface area (Å²) in [5.41, 5.74) is 7.25. The van der Waals surface area contributed by atoms with Gasteiger partial charge in [-0.05, 0) is 18.2 Å².